The monoisotopic (exact) mass is 299 g/mol. The Bertz CT molecular complexity index is 694. The summed E-state index contributed by atoms with van der Waals surface area (Å²) in [5.74, 6) is -0.165. The van der Waals surface area contributed by atoms with E-state index in [2.05, 4.69) is 9.97 Å². The molecular formula is C16H17N3O3. The highest BCUT2D eigenvalue weighted by molar-refractivity contribution is 5.94. The van der Waals surface area contributed by atoms with Crippen LogP contribution in [0.4, 0.5) is 0 Å². The first-order valence-corrected chi connectivity index (χ1v) is 7.18. The van der Waals surface area contributed by atoms with Crippen LogP contribution in [0.2, 0.25) is 0 Å². The summed E-state index contributed by atoms with van der Waals surface area (Å²) in [6, 6.07) is 6.66. The van der Waals surface area contributed by atoms with Gasteiger partial charge >= 0.3 is 0 Å². The van der Waals surface area contributed by atoms with Gasteiger partial charge in [-0.15, -0.1) is 0 Å². The van der Waals surface area contributed by atoms with Crippen LogP contribution >= 0.6 is 0 Å². The van der Waals surface area contributed by atoms with Crippen molar-refractivity contribution in [2.75, 3.05) is 13.1 Å². The number of likely N-dealkylation sites (tertiary alicyclic amines) is 1. The lowest BCUT2D eigenvalue weighted by atomic mass is 9.97. The van der Waals surface area contributed by atoms with Gasteiger partial charge in [0.2, 0.25) is 5.56 Å². The average molecular weight is 299 g/mol. The van der Waals surface area contributed by atoms with Crippen LogP contribution in [0, 0.1) is 5.92 Å². The Morgan fingerprint density at radius 3 is 2.73 bits per heavy atom. The normalized spacial score (nSPS) is 21.0. The van der Waals surface area contributed by atoms with Crippen LogP contribution in [0.3, 0.4) is 0 Å². The van der Waals surface area contributed by atoms with E-state index >= 15 is 0 Å². The molecule has 1 fully saturated rings. The summed E-state index contributed by atoms with van der Waals surface area (Å²) in [5, 5.41) is 10.2. The first-order valence-electron chi connectivity index (χ1n) is 7.18. The van der Waals surface area contributed by atoms with Crippen molar-refractivity contribution in [2.45, 2.75) is 12.5 Å². The summed E-state index contributed by atoms with van der Waals surface area (Å²) in [4.78, 5) is 31.5. The van der Waals surface area contributed by atoms with Crippen LogP contribution < -0.4 is 5.56 Å². The highest BCUT2D eigenvalue weighted by Crippen LogP contribution is 2.22. The van der Waals surface area contributed by atoms with Crippen LogP contribution in [0.1, 0.15) is 15.9 Å². The first kappa shape index (κ1) is 14.5. The molecule has 0 unspecified atom stereocenters. The fraction of sp³-hybridized carbons (Fsp3) is 0.312. The number of amides is 1. The van der Waals surface area contributed by atoms with Gasteiger partial charge in [-0.2, -0.15) is 0 Å². The molecule has 114 valence electrons. The number of aliphatic hydroxyl groups excluding tert-OH is 1. The van der Waals surface area contributed by atoms with Crippen molar-refractivity contribution in [1.29, 1.82) is 0 Å². The summed E-state index contributed by atoms with van der Waals surface area (Å²) >= 11 is 0. The summed E-state index contributed by atoms with van der Waals surface area (Å²) in [6.07, 6.45) is 5.02. The van der Waals surface area contributed by atoms with Gasteiger partial charge in [-0.3, -0.25) is 14.6 Å². The van der Waals surface area contributed by atoms with E-state index in [1.165, 1.54) is 18.3 Å². The molecule has 2 N–H and O–H groups in total. The zero-order valence-corrected chi connectivity index (χ0v) is 12.0. The summed E-state index contributed by atoms with van der Waals surface area (Å²) in [7, 11) is 0. The molecule has 1 aliphatic heterocycles. The van der Waals surface area contributed by atoms with Crippen LogP contribution in [-0.4, -0.2) is 45.1 Å². The Morgan fingerprint density at radius 1 is 1.27 bits per heavy atom. The molecule has 2 atom stereocenters. The quantitative estimate of drug-likeness (QED) is 0.861. The molecule has 2 aromatic heterocycles. The standard InChI is InChI=1S/C16H17N3O3/c20-14-10-19(16(22)12-1-2-15(21)18-8-12)9-13(14)7-11-3-5-17-6-4-11/h1-6,8,13-14,20H,7,9-10H2,(H,18,21)/t13-,14+/m1/s1. The molecule has 0 aliphatic carbocycles. The Labute approximate surface area is 127 Å². The number of β-amino-alcohol motifs (C(OH)–C–C–N with tert-alkyl or cyclic N) is 1. The second kappa shape index (κ2) is 6.11. The first-order chi connectivity index (χ1) is 10.6. The van der Waals surface area contributed by atoms with Crippen molar-refractivity contribution in [3.05, 3.63) is 64.3 Å². The third kappa shape index (κ3) is 3.07. The van der Waals surface area contributed by atoms with Crippen molar-refractivity contribution in [1.82, 2.24) is 14.9 Å². The lowest BCUT2D eigenvalue weighted by Gasteiger charge is -2.16. The number of aromatic nitrogens is 2. The molecular weight excluding hydrogens is 282 g/mol. The van der Waals surface area contributed by atoms with Gasteiger partial charge in [-0.1, -0.05) is 0 Å². The molecule has 0 bridgehead atoms. The third-order valence-electron chi connectivity index (χ3n) is 3.97. The number of H-pyrrole nitrogens is 1. The number of rotatable bonds is 3. The minimum absolute atomic E-state index is 0.00844. The van der Waals surface area contributed by atoms with E-state index in [0.717, 1.165) is 5.56 Å². The molecule has 0 spiro atoms. The summed E-state index contributed by atoms with van der Waals surface area (Å²) in [6.45, 7) is 0.815. The van der Waals surface area contributed by atoms with Crippen LogP contribution in [0.15, 0.2) is 47.7 Å². The largest absolute Gasteiger partial charge is 0.391 e. The number of carbonyl (C=O) groups excluding carboxylic acids is 1. The second-order valence-corrected chi connectivity index (χ2v) is 5.54. The van der Waals surface area contributed by atoms with Crippen molar-refractivity contribution in [3.8, 4) is 0 Å². The number of nitrogens with one attached hydrogen (secondary N) is 1. The minimum Gasteiger partial charge on any atom is -0.391 e. The van der Waals surface area contributed by atoms with Crippen molar-refractivity contribution < 1.29 is 9.90 Å². The smallest absolute Gasteiger partial charge is 0.255 e. The predicted octanol–water partition coefficient (Wildman–Crippen LogP) is 0.445. The molecule has 0 aromatic carbocycles. The van der Waals surface area contributed by atoms with Gasteiger partial charge in [0.1, 0.15) is 0 Å². The average Bonchev–Trinajstić information content (AvgIpc) is 2.89. The van der Waals surface area contributed by atoms with Gasteiger partial charge < -0.3 is 15.0 Å². The Balaban J connectivity index is 1.68. The molecule has 1 aliphatic rings. The molecule has 22 heavy (non-hydrogen) atoms. The molecule has 3 heterocycles. The van der Waals surface area contributed by atoms with E-state index in [4.69, 9.17) is 0 Å². The van der Waals surface area contributed by atoms with E-state index in [1.807, 2.05) is 12.1 Å². The molecule has 0 radical (unpaired) electrons. The Morgan fingerprint density at radius 2 is 2.05 bits per heavy atom. The van der Waals surface area contributed by atoms with Crippen molar-refractivity contribution in [3.63, 3.8) is 0 Å². The Hall–Kier alpha value is -2.47. The fourth-order valence-corrected chi connectivity index (χ4v) is 2.77. The third-order valence-corrected chi connectivity index (χ3v) is 3.97. The predicted molar refractivity (Wildman–Crippen MR) is 80.4 cm³/mol. The van der Waals surface area contributed by atoms with Gasteiger partial charge in [0.05, 0.1) is 11.7 Å². The molecule has 0 saturated carbocycles. The maximum atomic E-state index is 12.4. The number of aliphatic hydroxyl groups is 1. The molecule has 6 nitrogen and oxygen atoms in total. The summed E-state index contributed by atoms with van der Waals surface area (Å²) in [5.41, 5.74) is 1.28. The van der Waals surface area contributed by atoms with Gasteiger partial charge in [0.15, 0.2) is 0 Å². The lowest BCUT2D eigenvalue weighted by molar-refractivity contribution is 0.0764. The van der Waals surface area contributed by atoms with Gasteiger partial charge in [0.25, 0.3) is 5.91 Å². The summed E-state index contributed by atoms with van der Waals surface area (Å²) < 4.78 is 0. The second-order valence-electron chi connectivity index (χ2n) is 5.54. The SMILES string of the molecule is O=C(c1ccc(=O)[nH]c1)N1C[C@@H](Cc2ccncc2)[C@@H](O)C1. The van der Waals surface area contributed by atoms with E-state index in [-0.39, 0.29) is 17.4 Å². The number of aromatic amines is 1. The maximum absolute atomic E-state index is 12.4. The Kier molecular flexibility index (Phi) is 4.02. The zero-order chi connectivity index (χ0) is 15.5. The molecule has 1 saturated heterocycles. The number of hydrogen-bond acceptors (Lipinski definition) is 4. The van der Waals surface area contributed by atoms with Gasteiger partial charge in [-0.05, 0) is 30.2 Å². The maximum Gasteiger partial charge on any atom is 0.255 e. The van der Waals surface area contributed by atoms with Gasteiger partial charge in [-0.25, -0.2) is 0 Å². The van der Waals surface area contributed by atoms with Crippen LogP contribution in [-0.2, 0) is 6.42 Å². The number of hydrogen-bond donors (Lipinski definition) is 2. The van der Waals surface area contributed by atoms with Crippen LogP contribution in [0.5, 0.6) is 0 Å². The number of carbonyl (C=O) groups is 1. The van der Waals surface area contributed by atoms with E-state index < -0.39 is 6.10 Å². The lowest BCUT2D eigenvalue weighted by Crippen LogP contribution is -2.30. The fourth-order valence-electron chi connectivity index (χ4n) is 2.77. The van der Waals surface area contributed by atoms with Crippen LogP contribution in [0.25, 0.3) is 0 Å². The molecule has 3 rings (SSSR count). The van der Waals surface area contributed by atoms with Crippen molar-refractivity contribution >= 4 is 5.91 Å². The van der Waals surface area contributed by atoms with E-state index in [1.54, 1.807) is 17.3 Å². The highest BCUT2D eigenvalue weighted by atomic mass is 16.3. The van der Waals surface area contributed by atoms with Crippen molar-refractivity contribution in [2.24, 2.45) is 5.92 Å². The molecule has 1 amide bonds. The zero-order valence-electron chi connectivity index (χ0n) is 12.0. The number of pyridine rings is 2. The highest BCUT2D eigenvalue weighted by Gasteiger charge is 2.34. The molecule has 2 aromatic rings. The molecule has 6 heteroatoms. The van der Waals surface area contributed by atoms with E-state index in [0.29, 0.717) is 25.1 Å². The van der Waals surface area contributed by atoms with E-state index in [9.17, 15) is 14.7 Å². The number of nitrogens with zero attached hydrogens (tertiary/aromatic N) is 2. The van der Waals surface area contributed by atoms with Gasteiger partial charge in [0, 0.05) is 43.7 Å². The topological polar surface area (TPSA) is 86.3 Å². The minimum atomic E-state index is -0.542.